The zero-order valence-electron chi connectivity index (χ0n) is 14.2. The van der Waals surface area contributed by atoms with Crippen LogP contribution in [-0.2, 0) is 11.2 Å². The van der Waals surface area contributed by atoms with Crippen LogP contribution in [0.25, 0.3) is 0 Å². The first-order valence-electron chi connectivity index (χ1n) is 8.01. The van der Waals surface area contributed by atoms with Crippen LogP contribution in [0.15, 0.2) is 64.8 Å². The van der Waals surface area contributed by atoms with E-state index in [-0.39, 0.29) is 11.2 Å². The van der Waals surface area contributed by atoms with E-state index < -0.39 is 0 Å². The van der Waals surface area contributed by atoms with Gasteiger partial charge in [0.25, 0.3) is 0 Å². The number of carbonyl (C=O) groups excluding carboxylic acids is 1. The highest BCUT2D eigenvalue weighted by Crippen LogP contribution is 2.23. The number of thioether (sulfide) groups is 1. The molecule has 1 N–H and O–H groups in total. The molecular formula is C19H20N4OS. The van der Waals surface area contributed by atoms with Crippen molar-refractivity contribution in [2.45, 2.75) is 11.7 Å². The fraction of sp³-hybridized carbons (Fsp3) is 0.211. The van der Waals surface area contributed by atoms with Gasteiger partial charge in [0, 0.05) is 19.8 Å². The molecule has 2 aromatic carbocycles. The first kappa shape index (κ1) is 17.2. The molecule has 1 fully saturated rings. The topological polar surface area (TPSA) is 57.1 Å². The fourth-order valence-corrected chi connectivity index (χ4v) is 3.39. The minimum atomic E-state index is -0.157. The Hall–Kier alpha value is -2.60. The van der Waals surface area contributed by atoms with Crippen LogP contribution in [0.2, 0.25) is 0 Å². The van der Waals surface area contributed by atoms with Gasteiger partial charge < -0.3 is 10.2 Å². The molecule has 0 radical (unpaired) electrons. The summed E-state index contributed by atoms with van der Waals surface area (Å²) in [5.41, 5.74) is 3.23. The standard InChI is InChI=1S/C19H20N4OS/c1-23(2)16-10-8-15(9-11-16)13-20-22-19-21-18(24)17(25-19)12-14-6-4-3-5-7-14/h3-11,13,17H,12H2,1-2H3,(H,21,22,24)/b20-13-/t17-/m0/s1. The average Bonchev–Trinajstić information content (AvgIpc) is 2.96. The van der Waals surface area contributed by atoms with Crippen molar-refractivity contribution in [2.75, 3.05) is 19.0 Å². The second-order valence-corrected chi connectivity index (χ2v) is 7.11. The van der Waals surface area contributed by atoms with Crippen LogP contribution < -0.4 is 10.2 Å². The lowest BCUT2D eigenvalue weighted by Crippen LogP contribution is -2.25. The Kier molecular flexibility index (Phi) is 5.50. The predicted molar refractivity (Wildman–Crippen MR) is 105 cm³/mol. The largest absolute Gasteiger partial charge is 0.378 e. The lowest BCUT2D eigenvalue weighted by molar-refractivity contribution is -0.118. The third kappa shape index (κ3) is 4.70. The van der Waals surface area contributed by atoms with Crippen molar-refractivity contribution < 1.29 is 4.79 Å². The smallest absolute Gasteiger partial charge is 0.239 e. The van der Waals surface area contributed by atoms with Gasteiger partial charge in [-0.3, -0.25) is 4.79 Å². The molecule has 0 aromatic heterocycles. The molecule has 1 heterocycles. The summed E-state index contributed by atoms with van der Waals surface area (Å²) in [7, 11) is 4.00. The van der Waals surface area contributed by atoms with Crippen LogP contribution in [0, 0.1) is 0 Å². The Morgan fingerprint density at radius 3 is 2.52 bits per heavy atom. The Morgan fingerprint density at radius 1 is 1.12 bits per heavy atom. The van der Waals surface area contributed by atoms with Crippen molar-refractivity contribution in [3.05, 3.63) is 65.7 Å². The van der Waals surface area contributed by atoms with Gasteiger partial charge in [0.1, 0.15) is 0 Å². The third-order valence-electron chi connectivity index (χ3n) is 3.81. The molecule has 0 spiro atoms. The molecule has 0 bridgehead atoms. The Bertz CT molecular complexity index is 785. The van der Waals surface area contributed by atoms with Crippen molar-refractivity contribution in [3.8, 4) is 0 Å². The number of benzene rings is 2. The Labute approximate surface area is 151 Å². The van der Waals surface area contributed by atoms with Crippen molar-refractivity contribution in [2.24, 2.45) is 10.2 Å². The van der Waals surface area contributed by atoms with E-state index in [1.807, 2.05) is 73.6 Å². The Morgan fingerprint density at radius 2 is 1.84 bits per heavy atom. The monoisotopic (exact) mass is 352 g/mol. The van der Waals surface area contributed by atoms with E-state index in [1.54, 1.807) is 6.21 Å². The summed E-state index contributed by atoms with van der Waals surface area (Å²) in [6.45, 7) is 0. The first-order valence-corrected chi connectivity index (χ1v) is 8.89. The zero-order chi connectivity index (χ0) is 17.6. The quantitative estimate of drug-likeness (QED) is 0.665. The van der Waals surface area contributed by atoms with E-state index in [0.29, 0.717) is 11.6 Å². The van der Waals surface area contributed by atoms with Crippen molar-refractivity contribution >= 4 is 34.7 Å². The number of hydrogen-bond acceptors (Lipinski definition) is 5. The summed E-state index contributed by atoms with van der Waals surface area (Å²) in [5.74, 6) is -0.0156. The second kappa shape index (κ2) is 7.98. The summed E-state index contributed by atoms with van der Waals surface area (Å²) >= 11 is 1.42. The summed E-state index contributed by atoms with van der Waals surface area (Å²) in [6.07, 6.45) is 2.37. The zero-order valence-corrected chi connectivity index (χ0v) is 15.0. The van der Waals surface area contributed by atoms with Gasteiger partial charge in [-0.05, 0) is 29.7 Å². The number of anilines is 1. The molecule has 0 aliphatic carbocycles. The molecule has 0 saturated carbocycles. The van der Waals surface area contributed by atoms with E-state index in [1.165, 1.54) is 11.8 Å². The lowest BCUT2D eigenvalue weighted by Gasteiger charge is -2.11. The average molecular weight is 352 g/mol. The highest BCUT2D eigenvalue weighted by Gasteiger charge is 2.30. The number of nitrogens with zero attached hydrogens (tertiary/aromatic N) is 3. The van der Waals surface area contributed by atoms with E-state index in [9.17, 15) is 4.79 Å². The van der Waals surface area contributed by atoms with Crippen molar-refractivity contribution in [1.29, 1.82) is 0 Å². The normalized spacial score (nSPS) is 18.7. The van der Waals surface area contributed by atoms with E-state index >= 15 is 0 Å². The number of amides is 1. The fourth-order valence-electron chi connectivity index (χ4n) is 2.42. The molecule has 1 atom stereocenters. The molecule has 0 unspecified atom stereocenters. The van der Waals surface area contributed by atoms with Crippen LogP contribution in [0.3, 0.4) is 0 Å². The molecule has 1 amide bonds. The third-order valence-corrected chi connectivity index (χ3v) is 4.88. The molecule has 25 heavy (non-hydrogen) atoms. The summed E-state index contributed by atoms with van der Waals surface area (Å²) < 4.78 is 0. The van der Waals surface area contributed by atoms with E-state index in [4.69, 9.17) is 0 Å². The van der Waals surface area contributed by atoms with Crippen LogP contribution in [-0.4, -0.2) is 36.6 Å². The highest BCUT2D eigenvalue weighted by molar-refractivity contribution is 8.15. The van der Waals surface area contributed by atoms with Crippen molar-refractivity contribution in [1.82, 2.24) is 5.32 Å². The number of amidine groups is 1. The minimum Gasteiger partial charge on any atom is -0.378 e. The van der Waals surface area contributed by atoms with Gasteiger partial charge in [-0.25, -0.2) is 0 Å². The molecule has 2 aromatic rings. The maximum atomic E-state index is 12.1. The van der Waals surface area contributed by atoms with Gasteiger partial charge in [0.15, 0.2) is 5.17 Å². The summed E-state index contributed by atoms with van der Waals surface area (Å²) in [5, 5.41) is 11.4. The van der Waals surface area contributed by atoms with Gasteiger partial charge in [-0.1, -0.05) is 54.2 Å². The van der Waals surface area contributed by atoms with E-state index in [0.717, 1.165) is 16.8 Å². The SMILES string of the molecule is CN(C)c1ccc(/C=N\N=C2/NC(=O)[C@H](Cc3ccccc3)S2)cc1. The number of carbonyl (C=O) groups is 1. The molecule has 128 valence electrons. The second-order valence-electron chi connectivity index (χ2n) is 5.92. The maximum absolute atomic E-state index is 12.1. The van der Waals surface area contributed by atoms with Gasteiger partial charge >= 0.3 is 0 Å². The summed E-state index contributed by atoms with van der Waals surface area (Å²) in [6, 6.07) is 18.0. The highest BCUT2D eigenvalue weighted by atomic mass is 32.2. The number of hydrogen-bond donors (Lipinski definition) is 1. The van der Waals surface area contributed by atoms with Gasteiger partial charge in [0.2, 0.25) is 5.91 Å². The molecule has 1 aliphatic rings. The van der Waals surface area contributed by atoms with Gasteiger partial charge in [0.05, 0.1) is 11.5 Å². The predicted octanol–water partition coefficient (Wildman–Crippen LogP) is 2.92. The van der Waals surface area contributed by atoms with Crippen molar-refractivity contribution in [3.63, 3.8) is 0 Å². The molecule has 1 aliphatic heterocycles. The Balaban J connectivity index is 1.59. The van der Waals surface area contributed by atoms with Crippen LogP contribution in [0.4, 0.5) is 5.69 Å². The molecule has 1 saturated heterocycles. The van der Waals surface area contributed by atoms with Gasteiger partial charge in [-0.15, -0.1) is 5.10 Å². The number of nitrogens with one attached hydrogen (secondary N) is 1. The first-order chi connectivity index (χ1) is 12.1. The van der Waals surface area contributed by atoms with E-state index in [2.05, 4.69) is 15.5 Å². The molecule has 5 nitrogen and oxygen atoms in total. The van der Waals surface area contributed by atoms with Gasteiger partial charge in [-0.2, -0.15) is 5.10 Å². The molecule has 6 heteroatoms. The van der Waals surface area contributed by atoms with Crippen LogP contribution in [0.1, 0.15) is 11.1 Å². The molecular weight excluding hydrogens is 332 g/mol. The summed E-state index contributed by atoms with van der Waals surface area (Å²) in [4.78, 5) is 14.1. The number of rotatable bonds is 5. The minimum absolute atomic E-state index is 0.0156. The van der Waals surface area contributed by atoms with Crippen LogP contribution >= 0.6 is 11.8 Å². The van der Waals surface area contributed by atoms with Crippen LogP contribution in [0.5, 0.6) is 0 Å². The lowest BCUT2D eigenvalue weighted by atomic mass is 10.1. The maximum Gasteiger partial charge on any atom is 0.239 e. The molecule has 3 rings (SSSR count).